The molecule has 1 aromatic carbocycles. The maximum absolute atomic E-state index is 11.6. The molecule has 1 saturated heterocycles. The molecule has 39 heavy (non-hydrogen) atoms. The number of aliphatic hydroxyl groups excluding tert-OH is 5. The molecule has 15 heteroatoms. The molecule has 1 aliphatic carbocycles. The number of benzene rings is 1. The summed E-state index contributed by atoms with van der Waals surface area (Å²) in [6.07, 6.45) is -7.41. The van der Waals surface area contributed by atoms with E-state index in [9.17, 15) is 50.4 Å². The molecule has 2 heterocycles. The van der Waals surface area contributed by atoms with Crippen molar-refractivity contribution in [3.8, 4) is 17.2 Å². The zero-order valence-electron chi connectivity index (χ0n) is 19.7. The summed E-state index contributed by atoms with van der Waals surface area (Å²) in [5, 5.41) is 89.6. The summed E-state index contributed by atoms with van der Waals surface area (Å²) in [4.78, 5) is 22.3. The molecule has 9 N–H and O–H groups in total. The standard InChI is InChI=1S/C24H24O15/c25-9-3-11(26)10-5-15(23(37-14(10)4-9)8-1-12(27)19(32)13(28)2-8)38-24-22(35)21(34)20(33)16(39-24)7-36-18(31)6-17(29)30/h1-5,14,16,20-22,24-28,32-35H,6-7H2,(H,29,30)/t14?,16-,20-,21+,22-,24-/m1/s1. The third-order valence-electron chi connectivity index (χ3n) is 5.91. The molecule has 210 valence electrons. The van der Waals surface area contributed by atoms with Crippen LogP contribution in [0.1, 0.15) is 12.0 Å². The van der Waals surface area contributed by atoms with Crippen LogP contribution in [-0.4, -0.2) is 101 Å². The van der Waals surface area contributed by atoms with Crippen LogP contribution in [0.4, 0.5) is 0 Å². The predicted molar refractivity (Wildman–Crippen MR) is 124 cm³/mol. The van der Waals surface area contributed by atoms with Gasteiger partial charge in [-0.15, -0.1) is 0 Å². The summed E-state index contributed by atoms with van der Waals surface area (Å²) >= 11 is 0. The van der Waals surface area contributed by atoms with E-state index in [2.05, 4.69) is 0 Å². The molecule has 0 radical (unpaired) electrons. The lowest BCUT2D eigenvalue weighted by molar-refractivity contribution is -0.291. The molecule has 15 nitrogen and oxygen atoms in total. The van der Waals surface area contributed by atoms with Crippen molar-refractivity contribution in [3.63, 3.8) is 0 Å². The van der Waals surface area contributed by atoms with Crippen LogP contribution in [0.15, 0.2) is 53.2 Å². The minimum atomic E-state index is -1.89. The molecule has 3 aliphatic rings. The van der Waals surface area contributed by atoms with Crippen molar-refractivity contribution in [2.24, 2.45) is 0 Å². The van der Waals surface area contributed by atoms with Gasteiger partial charge in [-0.05, 0) is 18.2 Å². The van der Waals surface area contributed by atoms with Gasteiger partial charge in [0.05, 0.1) is 0 Å². The molecule has 1 unspecified atom stereocenters. The van der Waals surface area contributed by atoms with Crippen LogP contribution in [0.3, 0.4) is 0 Å². The highest BCUT2D eigenvalue weighted by molar-refractivity contribution is 5.90. The molecular formula is C24H24O15. The van der Waals surface area contributed by atoms with Gasteiger partial charge in [0.1, 0.15) is 55.1 Å². The lowest BCUT2D eigenvalue weighted by atomic mass is 9.96. The fraction of sp³-hybridized carbons (Fsp3) is 0.333. The molecule has 2 aliphatic heterocycles. The Hall–Kier alpha value is -4.44. The maximum Gasteiger partial charge on any atom is 0.317 e. The Morgan fingerprint density at radius 3 is 2.23 bits per heavy atom. The Morgan fingerprint density at radius 2 is 1.59 bits per heavy atom. The second kappa shape index (κ2) is 10.7. The van der Waals surface area contributed by atoms with Crippen LogP contribution in [0.5, 0.6) is 17.2 Å². The number of fused-ring (bicyclic) bond motifs is 1. The van der Waals surface area contributed by atoms with Crippen molar-refractivity contribution in [1.82, 2.24) is 0 Å². The number of aliphatic hydroxyl groups is 5. The van der Waals surface area contributed by atoms with E-state index < -0.39 is 84.8 Å². The van der Waals surface area contributed by atoms with E-state index in [-0.39, 0.29) is 28.4 Å². The van der Waals surface area contributed by atoms with Gasteiger partial charge in [-0.25, -0.2) is 0 Å². The van der Waals surface area contributed by atoms with Crippen LogP contribution in [0.2, 0.25) is 0 Å². The molecule has 0 bridgehead atoms. The summed E-state index contributed by atoms with van der Waals surface area (Å²) < 4.78 is 21.8. The number of carbonyl (C=O) groups excluding carboxylic acids is 1. The summed E-state index contributed by atoms with van der Waals surface area (Å²) in [5.74, 6) is -6.21. The smallest absolute Gasteiger partial charge is 0.317 e. The minimum absolute atomic E-state index is 0.0694. The number of rotatable bonds is 7. The Balaban J connectivity index is 1.68. The first-order chi connectivity index (χ1) is 18.3. The number of carboxylic acids is 1. The lowest BCUT2D eigenvalue weighted by Gasteiger charge is -2.40. The number of carbonyl (C=O) groups is 2. The van der Waals surface area contributed by atoms with Gasteiger partial charge >= 0.3 is 11.9 Å². The molecular weight excluding hydrogens is 528 g/mol. The fourth-order valence-corrected chi connectivity index (χ4v) is 3.97. The van der Waals surface area contributed by atoms with Crippen LogP contribution >= 0.6 is 0 Å². The quantitative estimate of drug-likeness (QED) is 0.118. The van der Waals surface area contributed by atoms with Gasteiger partial charge in [0.2, 0.25) is 6.29 Å². The lowest BCUT2D eigenvalue weighted by Crippen LogP contribution is -2.59. The zero-order valence-corrected chi connectivity index (χ0v) is 19.7. The van der Waals surface area contributed by atoms with Gasteiger partial charge in [-0.3, -0.25) is 9.59 Å². The SMILES string of the molecule is O=C(O)CC(=O)OC[C@H]1O[C@@H](OC2=C(c3cc(O)c(O)c(O)c3)OC3C=C(O)C=C(O)C3=C2)[C@H](O)[C@@H](O)[C@@H]1O. The number of phenols is 3. The van der Waals surface area contributed by atoms with E-state index in [1.807, 2.05) is 0 Å². The Kier molecular flexibility index (Phi) is 7.60. The third-order valence-corrected chi connectivity index (χ3v) is 5.91. The normalized spacial score (nSPS) is 28.3. The average Bonchev–Trinajstić information content (AvgIpc) is 2.86. The van der Waals surface area contributed by atoms with Gasteiger partial charge < -0.3 is 64.9 Å². The van der Waals surface area contributed by atoms with Crippen molar-refractivity contribution >= 4 is 17.7 Å². The van der Waals surface area contributed by atoms with Crippen LogP contribution in [0.25, 0.3) is 5.76 Å². The molecule has 6 atom stereocenters. The number of allylic oxidation sites excluding steroid dienone is 2. The first kappa shape index (κ1) is 27.6. The minimum Gasteiger partial charge on any atom is -0.508 e. The Morgan fingerprint density at radius 1 is 0.923 bits per heavy atom. The number of aliphatic carboxylic acids is 1. The van der Waals surface area contributed by atoms with Gasteiger partial charge in [0.15, 0.2) is 28.8 Å². The van der Waals surface area contributed by atoms with Gasteiger partial charge in [0.25, 0.3) is 0 Å². The molecule has 1 fully saturated rings. The monoisotopic (exact) mass is 552 g/mol. The van der Waals surface area contributed by atoms with Crippen molar-refractivity contribution < 1.29 is 74.5 Å². The Bertz CT molecular complexity index is 1270. The van der Waals surface area contributed by atoms with Gasteiger partial charge in [0, 0.05) is 23.3 Å². The summed E-state index contributed by atoms with van der Waals surface area (Å²) in [6.45, 7) is -0.713. The molecule has 0 aromatic heterocycles. The molecule has 1 aromatic rings. The van der Waals surface area contributed by atoms with Crippen molar-refractivity contribution in [3.05, 3.63) is 58.8 Å². The van der Waals surface area contributed by atoms with E-state index in [1.165, 1.54) is 12.2 Å². The largest absolute Gasteiger partial charge is 0.508 e. The van der Waals surface area contributed by atoms with Crippen molar-refractivity contribution in [1.29, 1.82) is 0 Å². The first-order valence-corrected chi connectivity index (χ1v) is 11.3. The van der Waals surface area contributed by atoms with Crippen LogP contribution in [0, 0.1) is 0 Å². The number of hydrogen-bond donors (Lipinski definition) is 9. The second-order valence-electron chi connectivity index (χ2n) is 8.70. The average molecular weight is 552 g/mol. The highest BCUT2D eigenvalue weighted by Gasteiger charge is 2.46. The van der Waals surface area contributed by atoms with E-state index in [0.29, 0.717) is 0 Å². The zero-order chi connectivity index (χ0) is 28.6. The van der Waals surface area contributed by atoms with Crippen molar-refractivity contribution in [2.75, 3.05) is 6.61 Å². The van der Waals surface area contributed by atoms with Crippen molar-refractivity contribution in [2.45, 2.75) is 43.2 Å². The number of carboxylic acid groups (broad SMARTS) is 1. The topological polar surface area (TPSA) is 253 Å². The number of hydrogen-bond acceptors (Lipinski definition) is 14. The number of aromatic hydroxyl groups is 3. The summed E-state index contributed by atoms with van der Waals surface area (Å²) in [7, 11) is 0. The second-order valence-corrected chi connectivity index (χ2v) is 8.70. The van der Waals surface area contributed by atoms with E-state index >= 15 is 0 Å². The number of phenolic OH excluding ortho intramolecular Hbond substituents is 3. The molecule has 0 amide bonds. The maximum atomic E-state index is 11.6. The number of ether oxygens (including phenoxy) is 4. The molecule has 0 spiro atoms. The van der Waals surface area contributed by atoms with E-state index in [0.717, 1.165) is 18.2 Å². The summed E-state index contributed by atoms with van der Waals surface area (Å²) in [6, 6.07) is 1.99. The fourth-order valence-electron chi connectivity index (χ4n) is 3.97. The van der Waals surface area contributed by atoms with Gasteiger partial charge in [-0.2, -0.15) is 0 Å². The highest BCUT2D eigenvalue weighted by Crippen LogP contribution is 2.42. The van der Waals surface area contributed by atoms with E-state index in [4.69, 9.17) is 24.1 Å². The molecule has 4 rings (SSSR count). The van der Waals surface area contributed by atoms with Crippen LogP contribution < -0.4 is 0 Å². The number of esters is 1. The first-order valence-electron chi connectivity index (χ1n) is 11.3. The third kappa shape index (κ3) is 5.70. The van der Waals surface area contributed by atoms with Crippen LogP contribution in [-0.2, 0) is 28.5 Å². The van der Waals surface area contributed by atoms with E-state index in [1.54, 1.807) is 0 Å². The van der Waals surface area contributed by atoms with Gasteiger partial charge in [-0.1, -0.05) is 0 Å². The Labute approximate surface area is 218 Å². The highest BCUT2D eigenvalue weighted by atomic mass is 16.7. The summed E-state index contributed by atoms with van der Waals surface area (Å²) in [5.41, 5.74) is 0.00358. The molecule has 0 saturated carbocycles. The predicted octanol–water partition coefficient (Wildman–Crippen LogP) is -0.463.